The summed E-state index contributed by atoms with van der Waals surface area (Å²) in [7, 11) is 0. The van der Waals surface area contributed by atoms with Gasteiger partial charge in [-0.15, -0.1) is 0 Å². The lowest BCUT2D eigenvalue weighted by molar-refractivity contribution is 0.624. The van der Waals surface area contributed by atoms with E-state index in [1.807, 2.05) is 18.2 Å². The molecule has 0 aliphatic heterocycles. The highest BCUT2D eigenvalue weighted by atomic mass is 32.2. The van der Waals surface area contributed by atoms with Crippen molar-refractivity contribution in [3.05, 3.63) is 54.0 Å². The van der Waals surface area contributed by atoms with Crippen LogP contribution in [0.1, 0.15) is 5.56 Å². The highest BCUT2D eigenvalue weighted by Crippen LogP contribution is 2.28. The van der Waals surface area contributed by atoms with E-state index in [1.165, 1.54) is 23.9 Å². The second kappa shape index (κ2) is 5.09. The first kappa shape index (κ1) is 11.1. The Bertz CT molecular complexity index is 488. The molecular weight excluding hydrogens is 223 g/mol. The van der Waals surface area contributed by atoms with E-state index >= 15 is 0 Å². The average molecular weight is 234 g/mol. The lowest BCUT2D eigenvalue weighted by Crippen LogP contribution is -1.99. The number of halogens is 1. The zero-order valence-electron chi connectivity index (χ0n) is 8.56. The van der Waals surface area contributed by atoms with Crippen LogP contribution in [0, 0.1) is 5.82 Å². The Morgan fingerprint density at radius 1 is 1.25 bits per heavy atom. The minimum Gasteiger partial charge on any atom is -0.326 e. The Kier molecular flexibility index (Phi) is 3.54. The van der Waals surface area contributed by atoms with Crippen LogP contribution in [-0.2, 0) is 6.54 Å². The van der Waals surface area contributed by atoms with E-state index in [2.05, 4.69) is 4.98 Å². The summed E-state index contributed by atoms with van der Waals surface area (Å²) in [5.41, 5.74) is 6.58. The third-order valence-electron chi connectivity index (χ3n) is 2.08. The molecule has 82 valence electrons. The van der Waals surface area contributed by atoms with Crippen molar-refractivity contribution in [1.82, 2.24) is 4.98 Å². The van der Waals surface area contributed by atoms with Gasteiger partial charge in [0.05, 0.1) is 0 Å². The van der Waals surface area contributed by atoms with Gasteiger partial charge in [0.25, 0.3) is 0 Å². The summed E-state index contributed by atoms with van der Waals surface area (Å²) in [6, 6.07) is 10.2. The van der Waals surface area contributed by atoms with Crippen LogP contribution in [0.3, 0.4) is 0 Å². The Balaban J connectivity index is 2.26. The molecule has 1 heterocycles. The van der Waals surface area contributed by atoms with Crippen molar-refractivity contribution in [2.24, 2.45) is 5.73 Å². The molecule has 1 aromatic heterocycles. The number of benzene rings is 1. The molecule has 16 heavy (non-hydrogen) atoms. The van der Waals surface area contributed by atoms with Crippen LogP contribution in [0.15, 0.2) is 52.5 Å². The molecule has 0 atom stereocenters. The van der Waals surface area contributed by atoms with Crippen LogP contribution >= 0.6 is 11.8 Å². The number of hydrogen-bond acceptors (Lipinski definition) is 3. The van der Waals surface area contributed by atoms with Crippen molar-refractivity contribution < 1.29 is 4.39 Å². The van der Waals surface area contributed by atoms with Crippen molar-refractivity contribution in [2.45, 2.75) is 16.5 Å². The van der Waals surface area contributed by atoms with Crippen LogP contribution in [-0.4, -0.2) is 4.98 Å². The van der Waals surface area contributed by atoms with Crippen molar-refractivity contribution in [1.29, 1.82) is 0 Å². The van der Waals surface area contributed by atoms with Crippen LogP contribution in [0.5, 0.6) is 0 Å². The summed E-state index contributed by atoms with van der Waals surface area (Å²) in [6.07, 6.45) is 1.71. The monoisotopic (exact) mass is 234 g/mol. The summed E-state index contributed by atoms with van der Waals surface area (Å²) in [6.45, 7) is 0.436. The predicted molar refractivity (Wildman–Crippen MR) is 62.7 cm³/mol. The molecule has 2 N–H and O–H groups in total. The SMILES string of the molecule is NCc1cccnc1Sc1cccc(F)c1. The fraction of sp³-hybridized carbons (Fsp3) is 0.0833. The lowest BCUT2D eigenvalue weighted by Gasteiger charge is -2.05. The van der Waals surface area contributed by atoms with E-state index in [4.69, 9.17) is 5.73 Å². The number of nitrogens with zero attached hydrogens (tertiary/aromatic N) is 1. The fourth-order valence-corrected chi connectivity index (χ4v) is 2.25. The van der Waals surface area contributed by atoms with E-state index in [9.17, 15) is 4.39 Å². The Labute approximate surface area is 97.7 Å². The van der Waals surface area contributed by atoms with E-state index in [0.717, 1.165) is 15.5 Å². The maximum Gasteiger partial charge on any atom is 0.124 e. The highest BCUT2D eigenvalue weighted by Gasteiger charge is 2.04. The van der Waals surface area contributed by atoms with Gasteiger partial charge in [0.2, 0.25) is 0 Å². The number of pyridine rings is 1. The normalized spacial score (nSPS) is 10.4. The maximum absolute atomic E-state index is 13.0. The molecule has 0 spiro atoms. The third-order valence-corrected chi connectivity index (χ3v) is 3.13. The zero-order valence-corrected chi connectivity index (χ0v) is 9.38. The first-order chi connectivity index (χ1) is 7.79. The minimum atomic E-state index is -0.241. The largest absolute Gasteiger partial charge is 0.326 e. The topological polar surface area (TPSA) is 38.9 Å². The molecule has 4 heteroatoms. The van der Waals surface area contributed by atoms with E-state index < -0.39 is 0 Å². The Morgan fingerprint density at radius 2 is 2.12 bits per heavy atom. The maximum atomic E-state index is 13.0. The average Bonchev–Trinajstić information content (AvgIpc) is 2.30. The van der Waals surface area contributed by atoms with Gasteiger partial charge >= 0.3 is 0 Å². The first-order valence-electron chi connectivity index (χ1n) is 4.87. The van der Waals surface area contributed by atoms with E-state index in [0.29, 0.717) is 6.54 Å². The number of hydrogen-bond donors (Lipinski definition) is 1. The highest BCUT2D eigenvalue weighted by molar-refractivity contribution is 7.99. The smallest absolute Gasteiger partial charge is 0.124 e. The zero-order chi connectivity index (χ0) is 11.4. The van der Waals surface area contributed by atoms with Gasteiger partial charge in [-0.3, -0.25) is 0 Å². The third kappa shape index (κ3) is 2.59. The van der Waals surface area contributed by atoms with Gasteiger partial charge in [0, 0.05) is 17.6 Å². The van der Waals surface area contributed by atoms with Gasteiger partial charge in [-0.25, -0.2) is 9.37 Å². The fourth-order valence-electron chi connectivity index (χ4n) is 1.31. The molecule has 0 bridgehead atoms. The molecule has 0 aliphatic rings. The van der Waals surface area contributed by atoms with Crippen LogP contribution in [0.25, 0.3) is 0 Å². The molecule has 1 aromatic carbocycles. The molecule has 2 nitrogen and oxygen atoms in total. The molecule has 2 aromatic rings. The molecule has 0 fully saturated rings. The van der Waals surface area contributed by atoms with Gasteiger partial charge in [-0.1, -0.05) is 23.9 Å². The van der Waals surface area contributed by atoms with Gasteiger partial charge in [-0.2, -0.15) is 0 Å². The molecule has 0 saturated carbocycles. The second-order valence-corrected chi connectivity index (χ2v) is 4.29. The number of rotatable bonds is 3. The molecule has 0 unspecified atom stereocenters. The summed E-state index contributed by atoms with van der Waals surface area (Å²) >= 11 is 1.42. The number of aromatic nitrogens is 1. The number of nitrogens with two attached hydrogens (primary N) is 1. The lowest BCUT2D eigenvalue weighted by atomic mass is 10.3. The van der Waals surface area contributed by atoms with Gasteiger partial charge in [-0.05, 0) is 29.8 Å². The van der Waals surface area contributed by atoms with E-state index in [1.54, 1.807) is 12.3 Å². The van der Waals surface area contributed by atoms with Crippen molar-refractivity contribution >= 4 is 11.8 Å². The Morgan fingerprint density at radius 3 is 2.88 bits per heavy atom. The first-order valence-corrected chi connectivity index (χ1v) is 5.68. The summed E-state index contributed by atoms with van der Waals surface area (Å²) in [5.74, 6) is -0.241. The predicted octanol–water partition coefficient (Wildman–Crippen LogP) is 2.83. The second-order valence-electron chi connectivity index (χ2n) is 3.23. The molecule has 0 saturated heterocycles. The molecular formula is C12H11FN2S. The van der Waals surface area contributed by atoms with Gasteiger partial charge < -0.3 is 5.73 Å². The summed E-state index contributed by atoms with van der Waals surface area (Å²) < 4.78 is 13.0. The van der Waals surface area contributed by atoms with Gasteiger partial charge in [0.1, 0.15) is 10.8 Å². The van der Waals surface area contributed by atoms with Crippen LogP contribution < -0.4 is 5.73 Å². The Hall–Kier alpha value is -1.39. The molecule has 0 amide bonds. The molecule has 0 aliphatic carbocycles. The van der Waals surface area contributed by atoms with Crippen molar-refractivity contribution in [3.63, 3.8) is 0 Å². The van der Waals surface area contributed by atoms with Gasteiger partial charge in [0.15, 0.2) is 0 Å². The van der Waals surface area contributed by atoms with Crippen LogP contribution in [0.4, 0.5) is 4.39 Å². The molecule has 2 rings (SSSR count). The van der Waals surface area contributed by atoms with E-state index in [-0.39, 0.29) is 5.82 Å². The quantitative estimate of drug-likeness (QED) is 0.887. The van der Waals surface area contributed by atoms with Crippen LogP contribution in [0.2, 0.25) is 0 Å². The van der Waals surface area contributed by atoms with Crippen molar-refractivity contribution in [3.8, 4) is 0 Å². The minimum absolute atomic E-state index is 0.241. The summed E-state index contributed by atoms with van der Waals surface area (Å²) in [5, 5.41) is 0.829. The summed E-state index contributed by atoms with van der Waals surface area (Å²) in [4.78, 5) is 5.06. The molecule has 0 radical (unpaired) electrons. The standard InChI is InChI=1S/C12H11FN2S/c13-10-4-1-5-11(7-10)16-12-9(8-14)3-2-6-15-12/h1-7H,8,14H2. The van der Waals surface area contributed by atoms with Crippen molar-refractivity contribution in [2.75, 3.05) is 0 Å².